The minimum absolute atomic E-state index is 0.117. The van der Waals surface area contributed by atoms with Gasteiger partial charge >= 0.3 is 5.97 Å². The molecule has 2 aromatic rings. The number of benzene rings is 2. The molecule has 0 saturated carbocycles. The van der Waals surface area contributed by atoms with E-state index < -0.39 is 11.6 Å². The van der Waals surface area contributed by atoms with Crippen LogP contribution in [0.15, 0.2) is 54.3 Å². The number of aliphatic hydroxyl groups excluding tert-OH is 1. The molecule has 1 aliphatic heterocycles. The van der Waals surface area contributed by atoms with Crippen LogP contribution >= 0.6 is 0 Å². The van der Waals surface area contributed by atoms with E-state index in [0.29, 0.717) is 18.4 Å². The van der Waals surface area contributed by atoms with Gasteiger partial charge in [-0.05, 0) is 37.8 Å². The zero-order valence-corrected chi connectivity index (χ0v) is 15.7. The fourth-order valence-corrected chi connectivity index (χ4v) is 3.79. The second kappa shape index (κ2) is 7.36. The number of cyclic esters (lactones) is 1. The summed E-state index contributed by atoms with van der Waals surface area (Å²) in [6.45, 7) is 6.08. The lowest BCUT2D eigenvalue weighted by Gasteiger charge is -2.38. The highest BCUT2D eigenvalue weighted by atomic mass is 16.6. The Labute approximate surface area is 155 Å². The molecule has 1 N–H and O–H groups in total. The summed E-state index contributed by atoms with van der Waals surface area (Å²) < 4.78 is 6.02. The number of rotatable bonds is 5. The molecule has 1 heterocycles. The molecule has 26 heavy (non-hydrogen) atoms. The lowest BCUT2D eigenvalue weighted by atomic mass is 9.81. The third-order valence-electron chi connectivity index (χ3n) is 4.98. The molecule has 3 nitrogen and oxygen atoms in total. The number of carbonyl (C=O) groups excluding carboxylic acids is 1. The van der Waals surface area contributed by atoms with Gasteiger partial charge in [0.1, 0.15) is 16.9 Å². The standard InChI is InChI=1S/C23H26O3/c1-4-5-11-23(19-9-7-6-8-10-19)15-20(24)21(22(25)26-23)18-13-16(2)12-17(3)14-18/h6-10,12-14,24H,4-5,11,15H2,1-3H3. The highest BCUT2D eigenvalue weighted by molar-refractivity contribution is 6.18. The van der Waals surface area contributed by atoms with Gasteiger partial charge in [0.05, 0.1) is 6.42 Å². The molecule has 0 bridgehead atoms. The molecule has 3 heteroatoms. The Bertz CT molecular complexity index is 816. The molecule has 0 spiro atoms. The summed E-state index contributed by atoms with van der Waals surface area (Å²) in [5.41, 5.74) is 3.27. The first-order valence-electron chi connectivity index (χ1n) is 9.25. The molecule has 0 amide bonds. The molecule has 0 fully saturated rings. The molecule has 1 atom stereocenters. The fourth-order valence-electron chi connectivity index (χ4n) is 3.79. The second-order valence-electron chi connectivity index (χ2n) is 7.23. The predicted octanol–water partition coefficient (Wildman–Crippen LogP) is 5.61. The van der Waals surface area contributed by atoms with Crippen LogP contribution in [0.5, 0.6) is 0 Å². The summed E-state index contributed by atoms with van der Waals surface area (Å²) in [4.78, 5) is 12.9. The van der Waals surface area contributed by atoms with Gasteiger partial charge in [0.2, 0.25) is 0 Å². The monoisotopic (exact) mass is 350 g/mol. The summed E-state index contributed by atoms with van der Waals surface area (Å²) in [6, 6.07) is 15.6. The lowest BCUT2D eigenvalue weighted by molar-refractivity contribution is -0.158. The van der Waals surface area contributed by atoms with Gasteiger partial charge in [0, 0.05) is 0 Å². The SMILES string of the molecule is CCCCC1(c2ccccc2)CC(O)=C(c2cc(C)cc(C)c2)C(=O)O1. The average Bonchev–Trinajstić information content (AvgIpc) is 2.59. The van der Waals surface area contributed by atoms with Crippen molar-refractivity contribution in [2.24, 2.45) is 0 Å². The Morgan fingerprint density at radius 2 is 1.73 bits per heavy atom. The number of ether oxygens (including phenoxy) is 1. The van der Waals surface area contributed by atoms with Crippen LogP contribution in [-0.4, -0.2) is 11.1 Å². The van der Waals surface area contributed by atoms with E-state index in [0.717, 1.165) is 35.1 Å². The van der Waals surface area contributed by atoms with Gasteiger partial charge in [-0.25, -0.2) is 4.79 Å². The first-order chi connectivity index (χ1) is 12.4. The van der Waals surface area contributed by atoms with E-state index in [4.69, 9.17) is 4.74 Å². The number of hydrogen-bond donors (Lipinski definition) is 1. The quantitative estimate of drug-likeness (QED) is 0.713. The fraction of sp³-hybridized carbons (Fsp3) is 0.348. The van der Waals surface area contributed by atoms with Crippen LogP contribution in [0.4, 0.5) is 0 Å². The number of unbranched alkanes of at least 4 members (excludes halogenated alkanes) is 1. The summed E-state index contributed by atoms with van der Waals surface area (Å²) in [5, 5.41) is 10.8. The Balaban J connectivity index is 2.06. The normalized spacial score (nSPS) is 20.2. The molecule has 0 aliphatic carbocycles. The van der Waals surface area contributed by atoms with Gasteiger partial charge in [-0.2, -0.15) is 0 Å². The summed E-state index contributed by atoms with van der Waals surface area (Å²) in [5.74, 6) is -0.329. The van der Waals surface area contributed by atoms with Crippen molar-refractivity contribution in [3.8, 4) is 0 Å². The van der Waals surface area contributed by atoms with E-state index >= 15 is 0 Å². The van der Waals surface area contributed by atoms with Gasteiger partial charge in [0.25, 0.3) is 0 Å². The molecule has 1 aliphatic rings. The third-order valence-corrected chi connectivity index (χ3v) is 4.98. The zero-order valence-electron chi connectivity index (χ0n) is 15.7. The van der Waals surface area contributed by atoms with Gasteiger partial charge in [-0.1, -0.05) is 73.0 Å². The van der Waals surface area contributed by atoms with Gasteiger partial charge in [-0.3, -0.25) is 0 Å². The third kappa shape index (κ3) is 3.52. The largest absolute Gasteiger partial charge is 0.511 e. The highest BCUT2D eigenvalue weighted by Gasteiger charge is 2.43. The van der Waals surface area contributed by atoms with E-state index in [9.17, 15) is 9.90 Å². The van der Waals surface area contributed by atoms with Crippen molar-refractivity contribution >= 4 is 11.5 Å². The van der Waals surface area contributed by atoms with E-state index in [-0.39, 0.29) is 5.76 Å². The van der Waals surface area contributed by atoms with Crippen LogP contribution in [0.25, 0.3) is 5.57 Å². The van der Waals surface area contributed by atoms with Crippen molar-refractivity contribution in [3.05, 3.63) is 76.5 Å². The van der Waals surface area contributed by atoms with Crippen LogP contribution < -0.4 is 0 Å². The predicted molar refractivity (Wildman–Crippen MR) is 104 cm³/mol. The molecule has 0 aromatic heterocycles. The molecular formula is C23H26O3. The van der Waals surface area contributed by atoms with Gasteiger partial charge in [0.15, 0.2) is 0 Å². The zero-order chi connectivity index (χ0) is 18.7. The number of aryl methyl sites for hydroxylation is 2. The summed E-state index contributed by atoms with van der Waals surface area (Å²) >= 11 is 0. The van der Waals surface area contributed by atoms with Crippen LogP contribution in [0.3, 0.4) is 0 Å². The van der Waals surface area contributed by atoms with Crippen molar-refractivity contribution in [2.45, 2.75) is 52.1 Å². The topological polar surface area (TPSA) is 46.5 Å². The maximum Gasteiger partial charge on any atom is 0.343 e. The molecular weight excluding hydrogens is 324 g/mol. The van der Waals surface area contributed by atoms with E-state index in [1.54, 1.807) is 0 Å². The summed E-state index contributed by atoms with van der Waals surface area (Å²) in [7, 11) is 0. The minimum Gasteiger partial charge on any atom is -0.511 e. The summed E-state index contributed by atoms with van der Waals surface area (Å²) in [6.07, 6.45) is 2.93. The lowest BCUT2D eigenvalue weighted by Crippen LogP contribution is -2.37. The molecule has 136 valence electrons. The second-order valence-corrected chi connectivity index (χ2v) is 7.23. The molecule has 3 rings (SSSR count). The smallest absolute Gasteiger partial charge is 0.343 e. The van der Waals surface area contributed by atoms with Crippen molar-refractivity contribution in [1.29, 1.82) is 0 Å². The number of hydrogen-bond acceptors (Lipinski definition) is 3. The number of esters is 1. The number of carbonyl (C=O) groups is 1. The van der Waals surface area contributed by atoms with Crippen LogP contribution in [-0.2, 0) is 15.1 Å². The van der Waals surface area contributed by atoms with Crippen LogP contribution in [0.2, 0.25) is 0 Å². The number of aliphatic hydroxyl groups is 1. The van der Waals surface area contributed by atoms with E-state index in [1.165, 1.54) is 0 Å². The first kappa shape index (κ1) is 18.2. The Morgan fingerprint density at radius 1 is 1.08 bits per heavy atom. The van der Waals surface area contributed by atoms with E-state index in [1.807, 2.05) is 62.4 Å². The molecule has 0 saturated heterocycles. The maximum atomic E-state index is 12.9. The Hall–Kier alpha value is -2.55. The Kier molecular flexibility index (Phi) is 5.17. The van der Waals surface area contributed by atoms with E-state index in [2.05, 4.69) is 6.92 Å². The van der Waals surface area contributed by atoms with Crippen molar-refractivity contribution in [2.75, 3.05) is 0 Å². The molecule has 0 radical (unpaired) electrons. The maximum absolute atomic E-state index is 12.9. The average molecular weight is 350 g/mol. The van der Waals surface area contributed by atoms with Crippen molar-refractivity contribution < 1.29 is 14.6 Å². The van der Waals surface area contributed by atoms with Crippen molar-refractivity contribution in [1.82, 2.24) is 0 Å². The van der Waals surface area contributed by atoms with Crippen LogP contribution in [0.1, 0.15) is 54.9 Å². The minimum atomic E-state index is -0.791. The first-order valence-corrected chi connectivity index (χ1v) is 9.25. The highest BCUT2D eigenvalue weighted by Crippen LogP contribution is 2.43. The Morgan fingerprint density at radius 3 is 2.31 bits per heavy atom. The van der Waals surface area contributed by atoms with Gasteiger partial charge < -0.3 is 9.84 Å². The van der Waals surface area contributed by atoms with Crippen molar-refractivity contribution in [3.63, 3.8) is 0 Å². The van der Waals surface area contributed by atoms with Crippen LogP contribution in [0, 0.1) is 13.8 Å². The molecule has 2 aromatic carbocycles. The van der Waals surface area contributed by atoms with Gasteiger partial charge in [-0.15, -0.1) is 0 Å². The molecule has 1 unspecified atom stereocenters.